The van der Waals surface area contributed by atoms with Crippen LogP contribution in [0.5, 0.6) is 0 Å². The van der Waals surface area contributed by atoms with E-state index in [1.54, 1.807) is 6.07 Å². The van der Waals surface area contributed by atoms with E-state index in [0.29, 0.717) is 16.5 Å². The normalized spacial score (nSPS) is 23.4. The molecule has 2 unspecified atom stereocenters. The van der Waals surface area contributed by atoms with Crippen LogP contribution in [0.4, 0.5) is 10.1 Å². The summed E-state index contributed by atoms with van der Waals surface area (Å²) in [5, 5.41) is 4.43. The molecule has 0 bridgehead atoms. The van der Waals surface area contributed by atoms with Gasteiger partial charge in [-0.25, -0.2) is 4.39 Å². The standard InChI is InChI=1S/C16H25FN2S/c1-11(2)18-8-14-5-6-16(15(17)7-14)19-9-12(3)20-13(4)10-19/h5-7,11-13,18H,8-10H2,1-4H3. The maximum atomic E-state index is 14.3. The third-order valence-electron chi connectivity index (χ3n) is 3.49. The molecule has 112 valence electrons. The Bertz CT molecular complexity index is 440. The lowest BCUT2D eigenvalue weighted by Crippen LogP contribution is -2.40. The molecule has 0 aliphatic carbocycles. The van der Waals surface area contributed by atoms with Crippen LogP contribution in [0.1, 0.15) is 33.3 Å². The summed E-state index contributed by atoms with van der Waals surface area (Å²) in [4.78, 5) is 2.18. The van der Waals surface area contributed by atoms with Gasteiger partial charge in [0.1, 0.15) is 5.82 Å². The van der Waals surface area contributed by atoms with E-state index in [9.17, 15) is 4.39 Å². The molecule has 20 heavy (non-hydrogen) atoms. The average Bonchev–Trinajstić information content (AvgIpc) is 2.35. The van der Waals surface area contributed by atoms with Crippen LogP contribution >= 0.6 is 11.8 Å². The molecule has 1 saturated heterocycles. The molecule has 0 saturated carbocycles. The molecule has 2 nitrogen and oxygen atoms in total. The van der Waals surface area contributed by atoms with Crippen LogP contribution < -0.4 is 10.2 Å². The second-order valence-electron chi connectivity index (χ2n) is 5.98. The highest BCUT2D eigenvalue weighted by molar-refractivity contribution is 8.00. The maximum absolute atomic E-state index is 14.3. The fraction of sp³-hybridized carbons (Fsp3) is 0.625. The number of thioether (sulfide) groups is 1. The molecule has 1 aliphatic rings. The van der Waals surface area contributed by atoms with Gasteiger partial charge in [-0.05, 0) is 17.7 Å². The van der Waals surface area contributed by atoms with E-state index < -0.39 is 0 Å². The van der Waals surface area contributed by atoms with E-state index in [2.05, 4.69) is 37.9 Å². The SMILES string of the molecule is CC(C)NCc1ccc(N2CC(C)SC(C)C2)c(F)c1. The minimum atomic E-state index is -0.0978. The summed E-state index contributed by atoms with van der Waals surface area (Å²) in [6.07, 6.45) is 0. The molecule has 1 N–H and O–H groups in total. The molecule has 1 aromatic carbocycles. The van der Waals surface area contributed by atoms with Crippen molar-refractivity contribution in [1.29, 1.82) is 0 Å². The van der Waals surface area contributed by atoms with Gasteiger partial charge in [0, 0.05) is 36.2 Å². The van der Waals surface area contributed by atoms with Gasteiger partial charge >= 0.3 is 0 Å². The number of anilines is 1. The van der Waals surface area contributed by atoms with Gasteiger partial charge in [0.25, 0.3) is 0 Å². The van der Waals surface area contributed by atoms with Crippen LogP contribution in [0.3, 0.4) is 0 Å². The summed E-state index contributed by atoms with van der Waals surface area (Å²) in [7, 11) is 0. The zero-order valence-corrected chi connectivity index (χ0v) is 13.6. The van der Waals surface area contributed by atoms with Crippen LogP contribution in [0.25, 0.3) is 0 Å². The molecule has 1 fully saturated rings. The predicted octanol–water partition coefficient (Wildman–Crippen LogP) is 3.65. The first-order valence-corrected chi connectivity index (χ1v) is 8.32. The van der Waals surface area contributed by atoms with Crippen molar-refractivity contribution in [1.82, 2.24) is 5.32 Å². The second-order valence-corrected chi connectivity index (χ2v) is 7.87. The van der Waals surface area contributed by atoms with Gasteiger partial charge in [-0.1, -0.05) is 33.8 Å². The largest absolute Gasteiger partial charge is 0.367 e. The Hall–Kier alpha value is -0.740. The summed E-state index contributed by atoms with van der Waals surface area (Å²) >= 11 is 1.99. The monoisotopic (exact) mass is 296 g/mol. The lowest BCUT2D eigenvalue weighted by molar-refractivity contribution is 0.579. The highest BCUT2D eigenvalue weighted by atomic mass is 32.2. The van der Waals surface area contributed by atoms with Gasteiger partial charge in [-0.15, -0.1) is 0 Å². The minimum absolute atomic E-state index is 0.0978. The van der Waals surface area contributed by atoms with Gasteiger partial charge in [0.05, 0.1) is 5.69 Å². The summed E-state index contributed by atoms with van der Waals surface area (Å²) in [5.41, 5.74) is 1.75. The van der Waals surface area contributed by atoms with Crippen molar-refractivity contribution >= 4 is 17.4 Å². The van der Waals surface area contributed by atoms with Gasteiger partial charge < -0.3 is 10.2 Å². The topological polar surface area (TPSA) is 15.3 Å². The number of hydrogen-bond acceptors (Lipinski definition) is 3. The Morgan fingerprint density at radius 3 is 2.50 bits per heavy atom. The van der Waals surface area contributed by atoms with Crippen molar-refractivity contribution in [2.75, 3.05) is 18.0 Å². The number of benzene rings is 1. The molecule has 1 heterocycles. The van der Waals surface area contributed by atoms with Crippen LogP contribution in [-0.4, -0.2) is 29.6 Å². The highest BCUT2D eigenvalue weighted by Gasteiger charge is 2.24. The summed E-state index contributed by atoms with van der Waals surface area (Å²) < 4.78 is 14.3. The first-order chi connectivity index (χ1) is 9.45. The zero-order valence-electron chi connectivity index (χ0n) is 12.8. The Morgan fingerprint density at radius 1 is 1.30 bits per heavy atom. The number of nitrogens with zero attached hydrogens (tertiary/aromatic N) is 1. The lowest BCUT2D eigenvalue weighted by Gasteiger charge is -2.36. The molecule has 0 amide bonds. The first kappa shape index (κ1) is 15.6. The zero-order chi connectivity index (χ0) is 14.7. The molecule has 1 aromatic rings. The van der Waals surface area contributed by atoms with Crippen molar-refractivity contribution in [2.24, 2.45) is 0 Å². The Morgan fingerprint density at radius 2 is 1.95 bits per heavy atom. The average molecular weight is 296 g/mol. The maximum Gasteiger partial charge on any atom is 0.146 e. The summed E-state index contributed by atoms with van der Waals surface area (Å²) in [6, 6.07) is 6.05. The first-order valence-electron chi connectivity index (χ1n) is 7.38. The molecule has 0 spiro atoms. The smallest absolute Gasteiger partial charge is 0.146 e. The molecule has 2 rings (SSSR count). The molecular weight excluding hydrogens is 271 g/mol. The number of nitrogens with one attached hydrogen (secondary N) is 1. The van der Waals surface area contributed by atoms with Crippen molar-refractivity contribution in [2.45, 2.75) is 50.8 Å². The highest BCUT2D eigenvalue weighted by Crippen LogP contribution is 2.30. The van der Waals surface area contributed by atoms with Gasteiger partial charge in [0.15, 0.2) is 0 Å². The number of halogens is 1. The Balaban J connectivity index is 2.09. The third kappa shape index (κ3) is 4.13. The van der Waals surface area contributed by atoms with Crippen molar-refractivity contribution in [3.8, 4) is 0 Å². The second kappa shape index (κ2) is 6.81. The van der Waals surface area contributed by atoms with E-state index in [1.807, 2.05) is 23.9 Å². The quantitative estimate of drug-likeness (QED) is 0.913. The van der Waals surface area contributed by atoms with E-state index in [1.165, 1.54) is 0 Å². The summed E-state index contributed by atoms with van der Waals surface area (Å²) in [6.45, 7) is 11.2. The number of hydrogen-bond donors (Lipinski definition) is 1. The molecule has 0 radical (unpaired) electrons. The fourth-order valence-electron chi connectivity index (χ4n) is 2.61. The van der Waals surface area contributed by atoms with Crippen LogP contribution in [-0.2, 0) is 6.54 Å². The Kier molecular flexibility index (Phi) is 5.33. The lowest BCUT2D eigenvalue weighted by atomic mass is 10.1. The van der Waals surface area contributed by atoms with Crippen molar-refractivity contribution in [3.05, 3.63) is 29.6 Å². The van der Waals surface area contributed by atoms with Gasteiger partial charge in [-0.3, -0.25) is 0 Å². The number of rotatable bonds is 4. The van der Waals surface area contributed by atoms with Crippen LogP contribution in [0, 0.1) is 5.82 Å². The molecule has 0 aromatic heterocycles. The van der Waals surface area contributed by atoms with Crippen LogP contribution in [0.15, 0.2) is 18.2 Å². The van der Waals surface area contributed by atoms with Crippen molar-refractivity contribution < 1.29 is 4.39 Å². The van der Waals surface area contributed by atoms with Crippen LogP contribution in [0.2, 0.25) is 0 Å². The fourth-order valence-corrected chi connectivity index (χ4v) is 3.94. The molecule has 2 atom stereocenters. The molecular formula is C16H25FN2S. The van der Waals surface area contributed by atoms with Gasteiger partial charge in [-0.2, -0.15) is 11.8 Å². The molecule has 4 heteroatoms. The van der Waals surface area contributed by atoms with E-state index in [-0.39, 0.29) is 5.82 Å². The Labute approximate surface area is 126 Å². The predicted molar refractivity (Wildman–Crippen MR) is 87.1 cm³/mol. The van der Waals surface area contributed by atoms with E-state index in [0.717, 1.165) is 30.9 Å². The summed E-state index contributed by atoms with van der Waals surface area (Å²) in [5.74, 6) is -0.0978. The van der Waals surface area contributed by atoms with E-state index in [4.69, 9.17) is 0 Å². The molecule has 1 aliphatic heterocycles. The minimum Gasteiger partial charge on any atom is -0.367 e. The third-order valence-corrected chi connectivity index (χ3v) is 4.71. The van der Waals surface area contributed by atoms with Gasteiger partial charge in [0.2, 0.25) is 0 Å². The van der Waals surface area contributed by atoms with E-state index >= 15 is 0 Å². The van der Waals surface area contributed by atoms with Crippen molar-refractivity contribution in [3.63, 3.8) is 0 Å².